The van der Waals surface area contributed by atoms with E-state index in [1.165, 1.54) is 0 Å². The molecule has 0 fully saturated rings. The highest BCUT2D eigenvalue weighted by Crippen LogP contribution is 2.29. The molecule has 0 bridgehead atoms. The predicted molar refractivity (Wildman–Crippen MR) is 135 cm³/mol. The van der Waals surface area contributed by atoms with Gasteiger partial charge in [-0.1, -0.05) is 63.2 Å². The maximum absolute atomic E-state index is 12.8. The number of hydrogen-bond donors (Lipinski definition) is 2. The van der Waals surface area contributed by atoms with Gasteiger partial charge < -0.3 is 10.1 Å². The average Bonchev–Trinajstić information content (AvgIpc) is 3.23. The van der Waals surface area contributed by atoms with Crippen LogP contribution in [0.4, 0.5) is 16.3 Å². The molecule has 7 nitrogen and oxygen atoms in total. The molecule has 2 amide bonds. The van der Waals surface area contributed by atoms with Crippen LogP contribution < -0.4 is 10.6 Å². The number of carbonyl (C=O) groups is 2. The van der Waals surface area contributed by atoms with Gasteiger partial charge in [-0.15, -0.1) is 0 Å². The second-order valence-electron chi connectivity index (χ2n) is 8.96. The summed E-state index contributed by atoms with van der Waals surface area (Å²) < 4.78 is 6.95. The van der Waals surface area contributed by atoms with Crippen molar-refractivity contribution in [3.8, 4) is 5.69 Å². The first-order chi connectivity index (χ1) is 16.3. The molecule has 0 saturated heterocycles. The van der Waals surface area contributed by atoms with E-state index >= 15 is 0 Å². The van der Waals surface area contributed by atoms with Crippen LogP contribution in [0.2, 0.25) is 0 Å². The van der Waals surface area contributed by atoms with E-state index in [4.69, 9.17) is 9.84 Å². The van der Waals surface area contributed by atoms with E-state index in [2.05, 4.69) is 31.4 Å². The number of benzene rings is 3. The third kappa shape index (κ3) is 4.93. The minimum atomic E-state index is -0.403. The van der Waals surface area contributed by atoms with Crippen LogP contribution >= 0.6 is 0 Å². The molecule has 1 heterocycles. The molecular weight excluding hydrogens is 428 g/mol. The summed E-state index contributed by atoms with van der Waals surface area (Å²) in [7, 11) is 0. The van der Waals surface area contributed by atoms with Gasteiger partial charge in [0.2, 0.25) is 0 Å². The Morgan fingerprint density at radius 1 is 0.941 bits per heavy atom. The third-order valence-corrected chi connectivity index (χ3v) is 5.34. The largest absolute Gasteiger partial charge is 0.462 e. The molecule has 3 aromatic carbocycles. The molecule has 174 valence electrons. The summed E-state index contributed by atoms with van der Waals surface area (Å²) in [4.78, 5) is 25.5. The summed E-state index contributed by atoms with van der Waals surface area (Å²) in [6.07, 6.45) is 0. The molecule has 4 rings (SSSR count). The van der Waals surface area contributed by atoms with E-state index in [0.717, 1.165) is 16.5 Å². The molecule has 0 aliphatic heterocycles. The maximum Gasteiger partial charge on any atom is 0.338 e. The van der Waals surface area contributed by atoms with Gasteiger partial charge in [0.15, 0.2) is 0 Å². The van der Waals surface area contributed by atoms with E-state index in [1.807, 2.05) is 66.7 Å². The lowest BCUT2D eigenvalue weighted by atomic mass is 9.92. The van der Waals surface area contributed by atoms with Crippen LogP contribution in [0.3, 0.4) is 0 Å². The van der Waals surface area contributed by atoms with E-state index in [9.17, 15) is 9.59 Å². The standard InChI is InChI=1S/C27H28N4O3/c1-5-34-25(32)22-16-20(15-18-11-9-10-14-21(18)22)31-24(17-23(30-31)27(2,3)4)29-26(33)28-19-12-7-6-8-13-19/h6-17H,5H2,1-4H3,(H2,28,29,33). The number of hydrogen-bond acceptors (Lipinski definition) is 4. The first-order valence-corrected chi connectivity index (χ1v) is 11.2. The zero-order valence-electron chi connectivity index (χ0n) is 19.8. The van der Waals surface area contributed by atoms with E-state index in [1.54, 1.807) is 17.7 Å². The number of para-hydroxylation sites is 1. The van der Waals surface area contributed by atoms with Crippen molar-refractivity contribution in [2.45, 2.75) is 33.1 Å². The quantitative estimate of drug-likeness (QED) is 0.353. The minimum Gasteiger partial charge on any atom is -0.462 e. The third-order valence-electron chi connectivity index (χ3n) is 5.34. The van der Waals surface area contributed by atoms with Crippen LogP contribution in [-0.2, 0) is 10.2 Å². The predicted octanol–water partition coefficient (Wildman–Crippen LogP) is 6.14. The SMILES string of the molecule is CCOC(=O)c1cc(-n2nc(C(C)(C)C)cc2NC(=O)Nc2ccccc2)cc2ccccc12. The Hall–Kier alpha value is -4.13. The number of aromatic nitrogens is 2. The van der Waals surface area contributed by atoms with Crippen LogP contribution in [0.1, 0.15) is 43.7 Å². The van der Waals surface area contributed by atoms with Gasteiger partial charge in [0, 0.05) is 17.2 Å². The number of esters is 1. The molecule has 0 radical (unpaired) electrons. The van der Waals surface area contributed by atoms with Crippen LogP contribution in [0.15, 0.2) is 72.8 Å². The molecule has 1 aromatic heterocycles. The van der Waals surface area contributed by atoms with E-state index in [-0.39, 0.29) is 18.1 Å². The highest BCUT2D eigenvalue weighted by atomic mass is 16.5. The highest BCUT2D eigenvalue weighted by Gasteiger charge is 2.23. The molecule has 0 atom stereocenters. The molecule has 4 aromatic rings. The molecule has 34 heavy (non-hydrogen) atoms. The Morgan fingerprint density at radius 3 is 2.35 bits per heavy atom. The fourth-order valence-corrected chi connectivity index (χ4v) is 3.63. The summed E-state index contributed by atoms with van der Waals surface area (Å²) in [5, 5.41) is 12.2. The fraction of sp³-hybridized carbons (Fsp3) is 0.222. The zero-order chi connectivity index (χ0) is 24.3. The summed E-state index contributed by atoms with van der Waals surface area (Å²) >= 11 is 0. The first-order valence-electron chi connectivity index (χ1n) is 11.2. The van der Waals surface area contributed by atoms with Gasteiger partial charge in [-0.25, -0.2) is 14.3 Å². The number of anilines is 2. The van der Waals surface area contributed by atoms with E-state index < -0.39 is 5.97 Å². The lowest BCUT2D eigenvalue weighted by molar-refractivity contribution is 0.0528. The summed E-state index contributed by atoms with van der Waals surface area (Å²) in [6.45, 7) is 8.22. The van der Waals surface area contributed by atoms with Gasteiger partial charge in [-0.05, 0) is 42.0 Å². The van der Waals surface area contributed by atoms with Gasteiger partial charge in [-0.3, -0.25) is 5.32 Å². The van der Waals surface area contributed by atoms with Crippen LogP contribution in [0.25, 0.3) is 16.5 Å². The van der Waals surface area contributed by atoms with Crippen molar-refractivity contribution >= 4 is 34.3 Å². The van der Waals surface area contributed by atoms with Crippen molar-refractivity contribution in [2.75, 3.05) is 17.2 Å². The van der Waals surface area contributed by atoms with E-state index in [0.29, 0.717) is 22.8 Å². The molecule has 7 heteroatoms. The van der Waals surface area contributed by atoms with Crippen LogP contribution in [0.5, 0.6) is 0 Å². The number of ether oxygens (including phenoxy) is 1. The number of rotatable bonds is 5. The van der Waals surface area contributed by atoms with Crippen molar-refractivity contribution in [3.05, 3.63) is 84.1 Å². The smallest absolute Gasteiger partial charge is 0.338 e. The summed E-state index contributed by atoms with van der Waals surface area (Å²) in [5.41, 5.74) is 2.32. The fourth-order valence-electron chi connectivity index (χ4n) is 3.63. The van der Waals surface area contributed by atoms with Gasteiger partial charge in [0.05, 0.1) is 23.6 Å². The molecule has 0 unspecified atom stereocenters. The van der Waals surface area contributed by atoms with Crippen LogP contribution in [0, 0.1) is 0 Å². The van der Waals surface area contributed by atoms with Crippen molar-refractivity contribution in [1.29, 1.82) is 0 Å². The number of fused-ring (bicyclic) bond motifs is 1. The second kappa shape index (κ2) is 9.39. The average molecular weight is 457 g/mol. The van der Waals surface area contributed by atoms with Crippen molar-refractivity contribution in [1.82, 2.24) is 9.78 Å². The summed E-state index contributed by atoms with van der Waals surface area (Å²) in [5.74, 6) is 0.0866. The van der Waals surface area contributed by atoms with Crippen LogP contribution in [-0.4, -0.2) is 28.4 Å². The Kier molecular flexibility index (Phi) is 6.36. The number of carbonyl (C=O) groups excluding carboxylic acids is 2. The van der Waals surface area contributed by atoms with Gasteiger partial charge >= 0.3 is 12.0 Å². The molecule has 0 aliphatic rings. The lowest BCUT2D eigenvalue weighted by Gasteiger charge is -2.14. The summed E-state index contributed by atoms with van der Waals surface area (Å²) in [6, 6.07) is 22.0. The number of urea groups is 1. The van der Waals surface area contributed by atoms with Crippen molar-refractivity contribution < 1.29 is 14.3 Å². The topological polar surface area (TPSA) is 85.2 Å². The highest BCUT2D eigenvalue weighted by molar-refractivity contribution is 6.05. The number of nitrogens with zero attached hydrogens (tertiary/aromatic N) is 2. The molecule has 0 aliphatic carbocycles. The number of amides is 2. The first kappa shape index (κ1) is 23.0. The van der Waals surface area contributed by atoms with Gasteiger partial charge in [-0.2, -0.15) is 5.10 Å². The van der Waals surface area contributed by atoms with Crippen molar-refractivity contribution in [3.63, 3.8) is 0 Å². The molecule has 2 N–H and O–H groups in total. The van der Waals surface area contributed by atoms with Crippen molar-refractivity contribution in [2.24, 2.45) is 0 Å². The minimum absolute atomic E-state index is 0.252. The Bertz CT molecular complexity index is 1340. The normalized spacial score (nSPS) is 11.3. The monoisotopic (exact) mass is 456 g/mol. The number of nitrogens with one attached hydrogen (secondary N) is 2. The molecule has 0 saturated carbocycles. The lowest BCUT2D eigenvalue weighted by Crippen LogP contribution is -2.21. The molecular formula is C27H28N4O3. The molecule has 0 spiro atoms. The maximum atomic E-state index is 12.8. The van der Waals surface area contributed by atoms with Gasteiger partial charge in [0.25, 0.3) is 0 Å². The Balaban J connectivity index is 1.79. The Labute approximate surface area is 198 Å². The second-order valence-corrected chi connectivity index (χ2v) is 8.96. The zero-order valence-corrected chi connectivity index (χ0v) is 19.8. The Morgan fingerprint density at radius 2 is 1.65 bits per heavy atom. The van der Waals surface area contributed by atoms with Gasteiger partial charge in [0.1, 0.15) is 5.82 Å².